The van der Waals surface area contributed by atoms with E-state index in [0.29, 0.717) is 18.3 Å². The fourth-order valence-corrected chi connectivity index (χ4v) is 4.55. The molecular weight excluding hydrogens is 370 g/mol. The SMILES string of the molecule is COCCn1c(SCC(=O)Nc2cccc(C)c2)nc2c(c1=O)SCC2. The molecule has 1 aliphatic rings. The molecule has 1 aliphatic heterocycles. The molecule has 2 aromatic rings. The van der Waals surface area contributed by atoms with Gasteiger partial charge in [0.15, 0.2) is 5.16 Å². The second kappa shape index (κ2) is 8.75. The van der Waals surface area contributed by atoms with Crippen LogP contribution in [-0.4, -0.2) is 40.7 Å². The van der Waals surface area contributed by atoms with Crippen LogP contribution in [0.5, 0.6) is 0 Å². The third-order valence-corrected chi connectivity index (χ3v) is 5.99. The number of fused-ring (bicyclic) bond motifs is 1. The number of amides is 1. The lowest BCUT2D eigenvalue weighted by atomic mass is 10.2. The Morgan fingerprint density at radius 3 is 3.08 bits per heavy atom. The van der Waals surface area contributed by atoms with Crippen LogP contribution in [0.1, 0.15) is 11.3 Å². The van der Waals surface area contributed by atoms with Gasteiger partial charge >= 0.3 is 0 Å². The summed E-state index contributed by atoms with van der Waals surface area (Å²) in [7, 11) is 1.60. The number of rotatable bonds is 7. The molecule has 1 aromatic carbocycles. The molecule has 3 rings (SSSR count). The second-order valence-corrected chi connectivity index (χ2v) is 7.97. The van der Waals surface area contributed by atoms with Gasteiger partial charge in [-0.25, -0.2) is 4.98 Å². The second-order valence-electron chi connectivity index (χ2n) is 5.92. The Kier molecular flexibility index (Phi) is 6.39. The first-order chi connectivity index (χ1) is 12.6. The normalized spacial score (nSPS) is 12.8. The van der Waals surface area contributed by atoms with Gasteiger partial charge in [-0.2, -0.15) is 0 Å². The highest BCUT2D eigenvalue weighted by atomic mass is 32.2. The molecule has 1 aromatic heterocycles. The molecule has 0 bridgehead atoms. The van der Waals surface area contributed by atoms with E-state index in [1.54, 1.807) is 23.4 Å². The standard InChI is InChI=1S/C18H21N3O3S2/c1-12-4-3-5-13(10-12)19-15(22)11-26-18-20-14-6-9-25-16(14)17(23)21(18)7-8-24-2/h3-5,10H,6-9,11H2,1-2H3,(H,19,22). The molecule has 1 N–H and O–H groups in total. The molecule has 0 fully saturated rings. The van der Waals surface area contributed by atoms with E-state index >= 15 is 0 Å². The molecule has 6 nitrogen and oxygen atoms in total. The predicted octanol–water partition coefficient (Wildman–Crippen LogP) is 2.58. The lowest BCUT2D eigenvalue weighted by Crippen LogP contribution is -2.27. The van der Waals surface area contributed by atoms with Gasteiger partial charge < -0.3 is 10.1 Å². The van der Waals surface area contributed by atoms with Crippen LogP contribution in [0, 0.1) is 6.92 Å². The Morgan fingerprint density at radius 1 is 1.46 bits per heavy atom. The maximum Gasteiger partial charge on any atom is 0.268 e. The number of carbonyl (C=O) groups is 1. The minimum absolute atomic E-state index is 0.0313. The Bertz CT molecular complexity index is 867. The Balaban J connectivity index is 1.73. The summed E-state index contributed by atoms with van der Waals surface area (Å²) in [5.74, 6) is 0.950. The topological polar surface area (TPSA) is 73.2 Å². The lowest BCUT2D eigenvalue weighted by Gasteiger charge is -2.13. The number of hydrogen-bond acceptors (Lipinski definition) is 6. The Morgan fingerprint density at radius 2 is 2.31 bits per heavy atom. The van der Waals surface area contributed by atoms with Crippen LogP contribution in [0.2, 0.25) is 0 Å². The van der Waals surface area contributed by atoms with E-state index in [0.717, 1.165) is 34.0 Å². The highest BCUT2D eigenvalue weighted by Crippen LogP contribution is 2.28. The monoisotopic (exact) mass is 391 g/mol. The number of benzene rings is 1. The number of thioether (sulfide) groups is 2. The third-order valence-electron chi connectivity index (χ3n) is 3.90. The van der Waals surface area contributed by atoms with Crippen molar-refractivity contribution in [1.82, 2.24) is 9.55 Å². The molecule has 0 saturated heterocycles. The van der Waals surface area contributed by atoms with Crippen molar-refractivity contribution in [3.05, 3.63) is 45.9 Å². The van der Waals surface area contributed by atoms with E-state index in [1.807, 2.05) is 31.2 Å². The van der Waals surface area contributed by atoms with Gasteiger partial charge in [-0.1, -0.05) is 23.9 Å². The molecular formula is C18H21N3O3S2. The van der Waals surface area contributed by atoms with Gasteiger partial charge in [0.1, 0.15) is 0 Å². The molecule has 138 valence electrons. The Labute approximate surface area is 160 Å². The van der Waals surface area contributed by atoms with Gasteiger partial charge in [-0.05, 0) is 24.6 Å². The molecule has 0 aliphatic carbocycles. The number of methoxy groups -OCH3 is 1. The number of aryl methyl sites for hydroxylation is 2. The van der Waals surface area contributed by atoms with Crippen molar-refractivity contribution in [3.63, 3.8) is 0 Å². The summed E-state index contributed by atoms with van der Waals surface area (Å²) in [6.45, 7) is 2.83. The third kappa shape index (κ3) is 4.49. The van der Waals surface area contributed by atoms with Gasteiger partial charge in [0, 0.05) is 25.0 Å². The summed E-state index contributed by atoms with van der Waals surface area (Å²) in [6.07, 6.45) is 0.795. The van der Waals surface area contributed by atoms with E-state index in [-0.39, 0.29) is 17.2 Å². The first-order valence-electron chi connectivity index (χ1n) is 8.33. The van der Waals surface area contributed by atoms with Crippen LogP contribution in [-0.2, 0) is 22.5 Å². The summed E-state index contributed by atoms with van der Waals surface area (Å²) in [6, 6.07) is 7.66. The van der Waals surface area contributed by atoms with Gasteiger partial charge in [0.25, 0.3) is 5.56 Å². The van der Waals surface area contributed by atoms with Crippen molar-refractivity contribution in [3.8, 4) is 0 Å². The molecule has 1 amide bonds. The maximum atomic E-state index is 12.7. The van der Waals surface area contributed by atoms with Crippen LogP contribution in [0.15, 0.2) is 39.1 Å². The lowest BCUT2D eigenvalue weighted by molar-refractivity contribution is -0.113. The van der Waals surface area contributed by atoms with Crippen molar-refractivity contribution in [2.75, 3.05) is 30.5 Å². The minimum atomic E-state index is -0.122. The quantitative estimate of drug-likeness (QED) is 0.578. The van der Waals surface area contributed by atoms with E-state index < -0.39 is 0 Å². The molecule has 0 radical (unpaired) electrons. The number of nitrogens with zero attached hydrogens (tertiary/aromatic N) is 2. The number of hydrogen-bond donors (Lipinski definition) is 1. The van der Waals surface area contributed by atoms with E-state index in [2.05, 4.69) is 10.3 Å². The molecule has 0 atom stereocenters. The molecule has 26 heavy (non-hydrogen) atoms. The number of ether oxygens (including phenoxy) is 1. The number of nitrogens with one attached hydrogen (secondary N) is 1. The number of aromatic nitrogens is 2. The summed E-state index contributed by atoms with van der Waals surface area (Å²) in [4.78, 5) is 30.3. The van der Waals surface area contributed by atoms with Crippen molar-refractivity contribution >= 4 is 35.1 Å². The summed E-state index contributed by atoms with van der Waals surface area (Å²) in [5, 5.41) is 3.46. The fraction of sp³-hybridized carbons (Fsp3) is 0.389. The first kappa shape index (κ1) is 19.0. The van der Waals surface area contributed by atoms with Crippen LogP contribution in [0.4, 0.5) is 5.69 Å². The smallest absolute Gasteiger partial charge is 0.268 e. The van der Waals surface area contributed by atoms with E-state index in [9.17, 15) is 9.59 Å². The molecule has 0 saturated carbocycles. The van der Waals surface area contributed by atoms with Gasteiger partial charge in [-0.15, -0.1) is 11.8 Å². The molecule has 0 unspecified atom stereocenters. The van der Waals surface area contributed by atoms with Crippen molar-refractivity contribution < 1.29 is 9.53 Å². The first-order valence-corrected chi connectivity index (χ1v) is 10.3. The van der Waals surface area contributed by atoms with Crippen molar-refractivity contribution in [1.29, 1.82) is 0 Å². The maximum absolute atomic E-state index is 12.7. The van der Waals surface area contributed by atoms with Crippen LogP contribution < -0.4 is 10.9 Å². The minimum Gasteiger partial charge on any atom is -0.383 e. The Hall–Kier alpha value is -1.77. The van der Waals surface area contributed by atoms with E-state index in [4.69, 9.17) is 4.74 Å². The van der Waals surface area contributed by atoms with Gasteiger partial charge in [0.2, 0.25) is 5.91 Å². The summed E-state index contributed by atoms with van der Waals surface area (Å²) < 4.78 is 6.72. The van der Waals surface area contributed by atoms with Crippen LogP contribution >= 0.6 is 23.5 Å². The molecule has 2 heterocycles. The zero-order valence-corrected chi connectivity index (χ0v) is 16.4. The number of anilines is 1. The van der Waals surface area contributed by atoms with E-state index in [1.165, 1.54) is 11.8 Å². The predicted molar refractivity (Wildman–Crippen MR) is 105 cm³/mol. The largest absolute Gasteiger partial charge is 0.383 e. The molecule has 8 heteroatoms. The zero-order valence-electron chi connectivity index (χ0n) is 14.8. The zero-order chi connectivity index (χ0) is 18.5. The highest BCUT2D eigenvalue weighted by Gasteiger charge is 2.22. The van der Waals surface area contributed by atoms with Crippen molar-refractivity contribution in [2.45, 2.75) is 29.9 Å². The average molecular weight is 392 g/mol. The molecule has 0 spiro atoms. The highest BCUT2D eigenvalue weighted by molar-refractivity contribution is 8.00. The van der Waals surface area contributed by atoms with Gasteiger partial charge in [0.05, 0.1) is 29.5 Å². The number of carbonyl (C=O) groups excluding carboxylic acids is 1. The van der Waals surface area contributed by atoms with Crippen molar-refractivity contribution in [2.24, 2.45) is 0 Å². The average Bonchev–Trinajstić information content (AvgIpc) is 3.08. The van der Waals surface area contributed by atoms with Gasteiger partial charge in [-0.3, -0.25) is 14.2 Å². The summed E-state index contributed by atoms with van der Waals surface area (Å²) in [5.41, 5.74) is 2.67. The fourth-order valence-electron chi connectivity index (χ4n) is 2.66. The van der Waals surface area contributed by atoms with Crippen LogP contribution in [0.25, 0.3) is 0 Å². The summed E-state index contributed by atoms with van der Waals surface area (Å²) >= 11 is 2.84. The van der Waals surface area contributed by atoms with Crippen LogP contribution in [0.3, 0.4) is 0 Å².